The highest BCUT2D eigenvalue weighted by molar-refractivity contribution is 7.99. The number of carbonyl (C=O) groups excluding carboxylic acids is 1. The summed E-state index contributed by atoms with van der Waals surface area (Å²) in [5.41, 5.74) is 2.38. The third kappa shape index (κ3) is 3.18. The second-order valence-electron chi connectivity index (χ2n) is 6.23. The van der Waals surface area contributed by atoms with Gasteiger partial charge < -0.3 is 10.6 Å². The Morgan fingerprint density at radius 1 is 1.38 bits per heavy atom. The number of fused-ring (bicyclic) bond motifs is 1. The van der Waals surface area contributed by atoms with E-state index in [9.17, 15) is 4.79 Å². The quantitative estimate of drug-likeness (QED) is 0.875. The van der Waals surface area contributed by atoms with Crippen molar-refractivity contribution in [3.63, 3.8) is 0 Å². The van der Waals surface area contributed by atoms with Gasteiger partial charge in [0.05, 0.1) is 18.2 Å². The van der Waals surface area contributed by atoms with Crippen molar-refractivity contribution >= 4 is 30.1 Å². The van der Waals surface area contributed by atoms with Crippen LogP contribution in [0.3, 0.4) is 0 Å². The van der Waals surface area contributed by atoms with Gasteiger partial charge in [-0.2, -0.15) is 5.10 Å². The smallest absolute Gasteiger partial charge is 0.225 e. The fourth-order valence-electron chi connectivity index (χ4n) is 3.50. The zero-order valence-corrected chi connectivity index (χ0v) is 15.1. The van der Waals surface area contributed by atoms with Crippen molar-refractivity contribution in [1.82, 2.24) is 20.4 Å². The Morgan fingerprint density at radius 2 is 2.21 bits per heavy atom. The topological polar surface area (TPSA) is 59.0 Å². The SMILES string of the molecule is Cl.Cn1cc([C@H]2CNC[C@@H]2C(=O)NC2CSc3ccccc32)cn1. The lowest BCUT2D eigenvalue weighted by Gasteiger charge is -2.20. The summed E-state index contributed by atoms with van der Waals surface area (Å²) in [7, 11) is 1.91. The highest BCUT2D eigenvalue weighted by Gasteiger charge is 2.36. The average molecular weight is 365 g/mol. The van der Waals surface area contributed by atoms with Crippen molar-refractivity contribution in [2.24, 2.45) is 13.0 Å². The van der Waals surface area contributed by atoms with E-state index in [1.54, 1.807) is 4.68 Å². The first-order chi connectivity index (χ1) is 11.2. The summed E-state index contributed by atoms with van der Waals surface area (Å²) < 4.78 is 1.80. The van der Waals surface area contributed by atoms with Crippen molar-refractivity contribution in [1.29, 1.82) is 0 Å². The Kier molecular flexibility index (Phi) is 5.18. The lowest BCUT2D eigenvalue weighted by atomic mass is 9.90. The summed E-state index contributed by atoms with van der Waals surface area (Å²) in [6.07, 6.45) is 3.89. The lowest BCUT2D eigenvalue weighted by Crippen LogP contribution is -2.37. The summed E-state index contributed by atoms with van der Waals surface area (Å²) >= 11 is 1.82. The first-order valence-corrected chi connectivity index (χ1v) is 8.92. The van der Waals surface area contributed by atoms with Crippen LogP contribution in [0.5, 0.6) is 0 Å². The molecule has 4 rings (SSSR count). The normalized spacial score (nSPS) is 25.1. The number of aryl methyl sites for hydroxylation is 1. The minimum absolute atomic E-state index is 0. The Balaban J connectivity index is 0.00000169. The maximum absolute atomic E-state index is 12.8. The predicted octanol–water partition coefficient (Wildman–Crippen LogP) is 2.11. The Morgan fingerprint density at radius 3 is 3.00 bits per heavy atom. The molecule has 1 saturated heterocycles. The van der Waals surface area contributed by atoms with Crippen molar-refractivity contribution in [3.05, 3.63) is 47.8 Å². The van der Waals surface area contributed by atoms with E-state index >= 15 is 0 Å². The molecular formula is C17H21ClN4OS. The van der Waals surface area contributed by atoms with Gasteiger partial charge in [-0.3, -0.25) is 9.48 Å². The standard InChI is InChI=1S/C17H20N4OS.ClH/c1-21-9-11(6-19-21)13-7-18-8-14(13)17(22)20-15-10-23-16-5-3-2-4-12(15)16;/h2-6,9,13-15,18H,7-8,10H2,1H3,(H,20,22);1H/t13-,14+,15?;/m1./s1. The van der Waals surface area contributed by atoms with Crippen LogP contribution in [0.2, 0.25) is 0 Å². The summed E-state index contributed by atoms with van der Waals surface area (Å²) in [5, 5.41) is 10.9. The number of amides is 1. The first-order valence-electron chi connectivity index (χ1n) is 7.94. The van der Waals surface area contributed by atoms with Crippen molar-refractivity contribution < 1.29 is 4.79 Å². The number of nitrogens with one attached hydrogen (secondary N) is 2. The molecule has 1 fully saturated rings. The van der Waals surface area contributed by atoms with Gasteiger partial charge in [-0.05, 0) is 17.2 Å². The summed E-state index contributed by atoms with van der Waals surface area (Å²) in [6.45, 7) is 1.56. The molecule has 3 atom stereocenters. The van der Waals surface area contributed by atoms with Gasteiger partial charge in [-0.15, -0.1) is 24.2 Å². The zero-order chi connectivity index (χ0) is 15.8. The zero-order valence-electron chi connectivity index (χ0n) is 13.4. The van der Waals surface area contributed by atoms with Gasteiger partial charge in [-0.1, -0.05) is 18.2 Å². The molecule has 0 spiro atoms. The van der Waals surface area contributed by atoms with Crippen LogP contribution >= 0.6 is 24.2 Å². The van der Waals surface area contributed by atoms with Crippen LogP contribution in [0.15, 0.2) is 41.6 Å². The molecule has 128 valence electrons. The Hall–Kier alpha value is -1.50. The van der Waals surface area contributed by atoms with Gasteiger partial charge in [0.15, 0.2) is 0 Å². The molecule has 7 heteroatoms. The molecule has 1 amide bonds. The average Bonchev–Trinajstić information content (AvgIpc) is 3.26. The minimum atomic E-state index is -0.0306. The highest BCUT2D eigenvalue weighted by atomic mass is 35.5. The largest absolute Gasteiger partial charge is 0.348 e. The molecule has 1 aromatic heterocycles. The Labute approximate surface area is 152 Å². The molecule has 3 heterocycles. The number of halogens is 1. The van der Waals surface area contributed by atoms with Gasteiger partial charge in [0.2, 0.25) is 5.91 Å². The number of thioether (sulfide) groups is 1. The van der Waals surface area contributed by atoms with E-state index in [0.29, 0.717) is 0 Å². The summed E-state index contributed by atoms with van der Waals surface area (Å²) in [5.74, 6) is 1.24. The molecule has 0 bridgehead atoms. The molecule has 0 radical (unpaired) electrons. The van der Waals surface area contributed by atoms with Gasteiger partial charge >= 0.3 is 0 Å². The van der Waals surface area contributed by atoms with Crippen LogP contribution in [-0.2, 0) is 11.8 Å². The third-order valence-corrected chi connectivity index (χ3v) is 5.90. The molecule has 5 nitrogen and oxygen atoms in total. The molecule has 2 N–H and O–H groups in total. The highest BCUT2D eigenvalue weighted by Crippen LogP contribution is 2.38. The van der Waals surface area contributed by atoms with Crippen LogP contribution in [0.4, 0.5) is 0 Å². The van der Waals surface area contributed by atoms with E-state index in [1.807, 2.05) is 37.3 Å². The molecule has 1 unspecified atom stereocenters. The van der Waals surface area contributed by atoms with Crippen LogP contribution in [0.25, 0.3) is 0 Å². The number of hydrogen-bond acceptors (Lipinski definition) is 4. The van der Waals surface area contributed by atoms with Crippen LogP contribution in [-0.4, -0.2) is 34.5 Å². The van der Waals surface area contributed by atoms with Gasteiger partial charge in [-0.25, -0.2) is 0 Å². The van der Waals surface area contributed by atoms with Crippen LogP contribution in [0.1, 0.15) is 23.1 Å². The van der Waals surface area contributed by atoms with Crippen molar-refractivity contribution in [2.45, 2.75) is 16.9 Å². The van der Waals surface area contributed by atoms with Crippen molar-refractivity contribution in [3.8, 4) is 0 Å². The number of nitrogens with zero attached hydrogens (tertiary/aromatic N) is 2. The Bertz CT molecular complexity index is 735. The minimum Gasteiger partial charge on any atom is -0.348 e. The lowest BCUT2D eigenvalue weighted by molar-refractivity contribution is -0.125. The van der Waals surface area contributed by atoms with E-state index in [4.69, 9.17) is 0 Å². The maximum atomic E-state index is 12.8. The molecule has 1 aromatic carbocycles. The number of aromatic nitrogens is 2. The van der Waals surface area contributed by atoms with E-state index in [0.717, 1.165) is 24.4 Å². The fourth-order valence-corrected chi connectivity index (χ4v) is 4.66. The van der Waals surface area contributed by atoms with Crippen LogP contribution < -0.4 is 10.6 Å². The molecule has 0 aliphatic carbocycles. The van der Waals surface area contributed by atoms with Gasteiger partial charge in [0.1, 0.15) is 0 Å². The third-order valence-electron chi connectivity index (χ3n) is 4.72. The molecular weight excluding hydrogens is 344 g/mol. The predicted molar refractivity (Wildman–Crippen MR) is 97.6 cm³/mol. The molecule has 2 aliphatic rings. The second kappa shape index (κ2) is 7.17. The molecule has 2 aliphatic heterocycles. The van der Waals surface area contributed by atoms with Crippen molar-refractivity contribution in [2.75, 3.05) is 18.8 Å². The number of hydrogen-bond donors (Lipinski definition) is 2. The number of benzene rings is 1. The summed E-state index contributed by atoms with van der Waals surface area (Å²) in [6, 6.07) is 8.46. The fraction of sp³-hybridized carbons (Fsp3) is 0.412. The summed E-state index contributed by atoms with van der Waals surface area (Å²) in [4.78, 5) is 14.1. The van der Waals surface area contributed by atoms with E-state index < -0.39 is 0 Å². The monoisotopic (exact) mass is 364 g/mol. The van der Waals surface area contributed by atoms with Gasteiger partial charge in [0, 0.05) is 42.9 Å². The van der Waals surface area contributed by atoms with E-state index in [2.05, 4.69) is 33.9 Å². The first kappa shape index (κ1) is 17.3. The maximum Gasteiger partial charge on any atom is 0.225 e. The van der Waals surface area contributed by atoms with E-state index in [1.165, 1.54) is 10.5 Å². The molecule has 24 heavy (non-hydrogen) atoms. The van der Waals surface area contributed by atoms with Gasteiger partial charge in [0.25, 0.3) is 0 Å². The van der Waals surface area contributed by atoms with E-state index in [-0.39, 0.29) is 36.2 Å². The second-order valence-corrected chi connectivity index (χ2v) is 7.29. The number of rotatable bonds is 3. The molecule has 2 aromatic rings. The van der Waals surface area contributed by atoms with Crippen LogP contribution in [0, 0.1) is 5.92 Å². The molecule has 0 saturated carbocycles. The number of carbonyl (C=O) groups is 1.